The summed E-state index contributed by atoms with van der Waals surface area (Å²) in [6.45, 7) is 1.09. The van der Waals surface area contributed by atoms with Crippen molar-refractivity contribution in [2.45, 2.75) is 6.10 Å². The number of ether oxygens (including phenoxy) is 2. The zero-order valence-corrected chi connectivity index (χ0v) is 9.68. The lowest BCUT2D eigenvalue weighted by Crippen LogP contribution is -2.15. The molecule has 0 radical (unpaired) electrons. The lowest BCUT2D eigenvalue weighted by Gasteiger charge is -2.19. The Kier molecular flexibility index (Phi) is 2.66. The van der Waals surface area contributed by atoms with Crippen molar-refractivity contribution in [3.8, 4) is 11.5 Å². The third-order valence-electron chi connectivity index (χ3n) is 2.54. The minimum atomic E-state index is -0.774. The predicted molar refractivity (Wildman–Crippen MR) is 61.4 cm³/mol. The van der Waals surface area contributed by atoms with Gasteiger partial charge in [0.25, 0.3) is 0 Å². The molecule has 1 atom stereocenters. The first-order valence-electron chi connectivity index (χ1n) is 5.19. The van der Waals surface area contributed by atoms with Gasteiger partial charge in [0, 0.05) is 5.38 Å². The lowest BCUT2D eigenvalue weighted by atomic mass is 10.1. The third-order valence-corrected chi connectivity index (χ3v) is 3.06. The SMILES string of the molecule is OC(c1ccc2c(c1)OCCO2)c1csnn1. The van der Waals surface area contributed by atoms with Crippen LogP contribution in [0.1, 0.15) is 17.4 Å². The van der Waals surface area contributed by atoms with Crippen molar-refractivity contribution < 1.29 is 14.6 Å². The van der Waals surface area contributed by atoms with Crippen LogP contribution >= 0.6 is 11.5 Å². The maximum absolute atomic E-state index is 10.1. The number of rotatable bonds is 2. The number of aliphatic hydroxyl groups is 1. The van der Waals surface area contributed by atoms with Crippen LogP contribution in [0.15, 0.2) is 23.6 Å². The van der Waals surface area contributed by atoms with Gasteiger partial charge in [-0.15, -0.1) is 5.10 Å². The minimum Gasteiger partial charge on any atom is -0.486 e. The molecule has 1 aromatic carbocycles. The average Bonchev–Trinajstić information content (AvgIpc) is 2.91. The van der Waals surface area contributed by atoms with Crippen molar-refractivity contribution in [3.05, 3.63) is 34.8 Å². The number of fused-ring (bicyclic) bond motifs is 1. The zero-order chi connectivity index (χ0) is 11.7. The van der Waals surface area contributed by atoms with Crippen molar-refractivity contribution >= 4 is 11.5 Å². The second-order valence-corrected chi connectivity index (χ2v) is 4.25. The second-order valence-electron chi connectivity index (χ2n) is 3.64. The molecule has 0 saturated heterocycles. The molecule has 0 spiro atoms. The highest BCUT2D eigenvalue weighted by Gasteiger charge is 2.17. The first-order valence-corrected chi connectivity index (χ1v) is 6.03. The van der Waals surface area contributed by atoms with Gasteiger partial charge < -0.3 is 14.6 Å². The van der Waals surface area contributed by atoms with Crippen LogP contribution in [-0.2, 0) is 0 Å². The zero-order valence-electron chi connectivity index (χ0n) is 8.87. The van der Waals surface area contributed by atoms with Gasteiger partial charge in [-0.2, -0.15) is 0 Å². The average molecular weight is 250 g/mol. The van der Waals surface area contributed by atoms with Crippen LogP contribution in [0.2, 0.25) is 0 Å². The summed E-state index contributed by atoms with van der Waals surface area (Å²) in [4.78, 5) is 0. The molecule has 2 heterocycles. The number of hydrogen-bond acceptors (Lipinski definition) is 6. The van der Waals surface area contributed by atoms with E-state index in [1.807, 2.05) is 0 Å². The van der Waals surface area contributed by atoms with E-state index >= 15 is 0 Å². The maximum atomic E-state index is 10.1. The molecule has 0 amide bonds. The Balaban J connectivity index is 1.93. The minimum absolute atomic E-state index is 0.533. The Morgan fingerprint density at radius 2 is 2.06 bits per heavy atom. The van der Waals surface area contributed by atoms with Crippen molar-refractivity contribution in [1.82, 2.24) is 9.59 Å². The third kappa shape index (κ3) is 1.96. The first-order chi connectivity index (χ1) is 8.34. The van der Waals surface area contributed by atoms with Crippen LogP contribution < -0.4 is 9.47 Å². The van der Waals surface area contributed by atoms with Crippen LogP contribution in [0.3, 0.4) is 0 Å². The van der Waals surface area contributed by atoms with Crippen molar-refractivity contribution in [3.63, 3.8) is 0 Å². The molecule has 0 bridgehead atoms. The van der Waals surface area contributed by atoms with Crippen LogP contribution in [0, 0.1) is 0 Å². The fourth-order valence-corrected chi connectivity index (χ4v) is 2.16. The van der Waals surface area contributed by atoms with Gasteiger partial charge in [0.05, 0.1) is 0 Å². The van der Waals surface area contributed by atoms with E-state index in [-0.39, 0.29) is 0 Å². The molecule has 0 saturated carbocycles. The van der Waals surface area contributed by atoms with Crippen LogP contribution in [-0.4, -0.2) is 27.9 Å². The Hall–Kier alpha value is -1.66. The molecular formula is C11H10N2O3S. The Labute approximate surface area is 102 Å². The van der Waals surface area contributed by atoms with E-state index in [9.17, 15) is 5.11 Å². The fourth-order valence-electron chi connectivity index (χ4n) is 1.69. The molecule has 17 heavy (non-hydrogen) atoms. The number of hydrogen-bond donors (Lipinski definition) is 1. The van der Waals surface area contributed by atoms with E-state index in [1.54, 1.807) is 23.6 Å². The van der Waals surface area contributed by atoms with E-state index in [2.05, 4.69) is 9.59 Å². The molecule has 6 heteroatoms. The van der Waals surface area contributed by atoms with E-state index < -0.39 is 6.10 Å². The Morgan fingerprint density at radius 1 is 1.24 bits per heavy atom. The molecule has 1 aliphatic rings. The lowest BCUT2D eigenvalue weighted by molar-refractivity contribution is 0.169. The molecule has 1 aromatic heterocycles. The summed E-state index contributed by atoms with van der Waals surface area (Å²) in [5.41, 5.74) is 1.27. The Morgan fingerprint density at radius 3 is 2.82 bits per heavy atom. The fraction of sp³-hybridized carbons (Fsp3) is 0.273. The van der Waals surface area contributed by atoms with E-state index in [1.165, 1.54) is 11.5 Å². The number of aliphatic hydroxyl groups excluding tert-OH is 1. The van der Waals surface area contributed by atoms with Crippen molar-refractivity contribution in [2.24, 2.45) is 0 Å². The van der Waals surface area contributed by atoms with Gasteiger partial charge >= 0.3 is 0 Å². The molecular weight excluding hydrogens is 240 g/mol. The van der Waals surface area contributed by atoms with Gasteiger partial charge in [-0.1, -0.05) is 10.6 Å². The monoisotopic (exact) mass is 250 g/mol. The van der Waals surface area contributed by atoms with E-state index in [0.29, 0.717) is 30.4 Å². The molecule has 5 nitrogen and oxygen atoms in total. The number of aromatic nitrogens is 2. The number of benzene rings is 1. The van der Waals surface area contributed by atoms with Crippen molar-refractivity contribution in [2.75, 3.05) is 13.2 Å². The van der Waals surface area contributed by atoms with Gasteiger partial charge in [0.15, 0.2) is 11.5 Å². The highest BCUT2D eigenvalue weighted by Crippen LogP contribution is 2.33. The predicted octanol–water partition coefficient (Wildman–Crippen LogP) is 1.39. The standard InChI is InChI=1S/C11H10N2O3S/c14-11(8-6-17-13-12-8)7-1-2-9-10(5-7)16-4-3-15-9/h1-2,5-6,11,14H,3-4H2. The van der Waals surface area contributed by atoms with Gasteiger partial charge in [-0.3, -0.25) is 0 Å². The van der Waals surface area contributed by atoms with Crippen molar-refractivity contribution in [1.29, 1.82) is 0 Å². The molecule has 3 rings (SSSR count). The summed E-state index contributed by atoms with van der Waals surface area (Å²) in [6, 6.07) is 5.38. The Bertz CT molecular complexity index is 515. The molecule has 0 aliphatic carbocycles. The highest BCUT2D eigenvalue weighted by molar-refractivity contribution is 7.03. The molecule has 1 N–H and O–H groups in total. The van der Waals surface area contributed by atoms with Gasteiger partial charge in [-0.05, 0) is 29.2 Å². The molecule has 2 aromatic rings. The second kappa shape index (κ2) is 4.31. The smallest absolute Gasteiger partial charge is 0.161 e. The number of nitrogens with zero attached hydrogens (tertiary/aromatic N) is 2. The summed E-state index contributed by atoms with van der Waals surface area (Å²) in [7, 11) is 0. The van der Waals surface area contributed by atoms with Gasteiger partial charge in [0.2, 0.25) is 0 Å². The molecule has 1 unspecified atom stereocenters. The van der Waals surface area contributed by atoms with Crippen LogP contribution in [0.25, 0.3) is 0 Å². The van der Waals surface area contributed by atoms with Crippen LogP contribution in [0.5, 0.6) is 11.5 Å². The maximum Gasteiger partial charge on any atom is 0.161 e. The summed E-state index contributed by atoms with van der Waals surface area (Å²) in [5, 5.41) is 15.7. The quantitative estimate of drug-likeness (QED) is 0.872. The first kappa shape index (κ1) is 10.5. The summed E-state index contributed by atoms with van der Waals surface area (Å²) in [5.74, 6) is 1.37. The summed E-state index contributed by atoms with van der Waals surface area (Å²) >= 11 is 1.21. The molecule has 0 fully saturated rings. The normalized spacial score (nSPS) is 15.6. The molecule has 1 aliphatic heterocycles. The van der Waals surface area contributed by atoms with E-state index in [0.717, 1.165) is 5.56 Å². The highest BCUT2D eigenvalue weighted by atomic mass is 32.1. The topological polar surface area (TPSA) is 64.5 Å². The van der Waals surface area contributed by atoms with E-state index in [4.69, 9.17) is 9.47 Å². The van der Waals surface area contributed by atoms with Gasteiger partial charge in [0.1, 0.15) is 25.0 Å². The van der Waals surface area contributed by atoms with Gasteiger partial charge in [-0.25, -0.2) is 0 Å². The van der Waals surface area contributed by atoms with Crippen LogP contribution in [0.4, 0.5) is 0 Å². The largest absolute Gasteiger partial charge is 0.486 e. The molecule has 88 valence electrons. The summed E-state index contributed by atoms with van der Waals surface area (Å²) in [6.07, 6.45) is -0.774. The summed E-state index contributed by atoms with van der Waals surface area (Å²) < 4.78 is 14.6.